The molecule has 0 aliphatic heterocycles. The van der Waals surface area contributed by atoms with Gasteiger partial charge in [-0.1, -0.05) is 30.5 Å². The van der Waals surface area contributed by atoms with E-state index in [0.717, 1.165) is 27.6 Å². The highest BCUT2D eigenvalue weighted by molar-refractivity contribution is 8.03. The lowest BCUT2D eigenvalue weighted by atomic mass is 10.1. The van der Waals surface area contributed by atoms with Gasteiger partial charge in [-0.2, -0.15) is 0 Å². The minimum atomic E-state index is 0.724. The molecule has 0 saturated heterocycles. The molecule has 0 amide bonds. The van der Waals surface area contributed by atoms with Crippen LogP contribution in [0.1, 0.15) is 18.3 Å². The van der Waals surface area contributed by atoms with Crippen molar-refractivity contribution in [3.8, 4) is 11.3 Å². The third kappa shape index (κ3) is 2.83. The third-order valence-electron chi connectivity index (χ3n) is 3.08. The summed E-state index contributed by atoms with van der Waals surface area (Å²) < 4.78 is 1.58. The molecule has 0 fully saturated rings. The zero-order valence-corrected chi connectivity index (χ0v) is 13.1. The third-order valence-corrected chi connectivity index (χ3v) is 4.09. The van der Waals surface area contributed by atoms with Gasteiger partial charge >= 0.3 is 0 Å². The summed E-state index contributed by atoms with van der Waals surface area (Å²) in [6.45, 7) is 9.94. The van der Waals surface area contributed by atoms with Crippen LogP contribution in [0.4, 0.5) is 0 Å². The number of aromatic nitrogens is 4. The van der Waals surface area contributed by atoms with Gasteiger partial charge in [0.2, 0.25) is 0 Å². The fourth-order valence-electron chi connectivity index (χ4n) is 2.10. The van der Waals surface area contributed by atoms with Crippen LogP contribution in [-0.4, -0.2) is 19.8 Å². The van der Waals surface area contributed by atoms with Crippen molar-refractivity contribution in [2.75, 3.05) is 0 Å². The van der Waals surface area contributed by atoms with Crippen LogP contribution in [0.15, 0.2) is 46.7 Å². The first-order chi connectivity index (χ1) is 10.0. The highest BCUT2D eigenvalue weighted by Gasteiger charge is 2.07. The molecule has 0 bridgehead atoms. The van der Waals surface area contributed by atoms with E-state index < -0.39 is 0 Å². The van der Waals surface area contributed by atoms with E-state index in [4.69, 9.17) is 0 Å². The molecule has 1 aromatic carbocycles. The first-order valence-corrected chi connectivity index (χ1v) is 7.50. The average molecular weight is 296 g/mol. The molecule has 0 atom stereocenters. The second-order valence-corrected chi connectivity index (χ2v) is 6.35. The molecular weight excluding hydrogens is 280 g/mol. The monoisotopic (exact) mass is 296 g/mol. The largest absolute Gasteiger partial charge is 0.210 e. The number of benzene rings is 1. The highest BCUT2D eigenvalue weighted by Crippen LogP contribution is 2.31. The van der Waals surface area contributed by atoms with Gasteiger partial charge in [0.15, 0.2) is 5.65 Å². The Bertz CT molecular complexity index is 835. The van der Waals surface area contributed by atoms with Crippen LogP contribution in [0.5, 0.6) is 0 Å². The van der Waals surface area contributed by atoms with Crippen LogP contribution in [0.3, 0.4) is 0 Å². The first-order valence-electron chi connectivity index (χ1n) is 6.68. The number of aryl methyl sites for hydroxylation is 2. The van der Waals surface area contributed by atoms with Gasteiger partial charge in [-0.15, -0.1) is 14.8 Å². The van der Waals surface area contributed by atoms with Crippen molar-refractivity contribution in [3.63, 3.8) is 0 Å². The first kappa shape index (κ1) is 13.8. The van der Waals surface area contributed by atoms with Gasteiger partial charge in [0.05, 0.1) is 5.69 Å². The molecule has 5 heteroatoms. The molecule has 3 rings (SSSR count). The van der Waals surface area contributed by atoms with E-state index in [1.54, 1.807) is 16.4 Å². The Balaban J connectivity index is 2.06. The van der Waals surface area contributed by atoms with Gasteiger partial charge in [0.25, 0.3) is 0 Å². The van der Waals surface area contributed by atoms with E-state index in [2.05, 4.69) is 46.9 Å². The molecule has 0 unspecified atom stereocenters. The number of allylic oxidation sites excluding steroid dienone is 1. The number of nitrogens with zero attached hydrogens (tertiary/aromatic N) is 4. The fourth-order valence-corrected chi connectivity index (χ4v) is 2.89. The highest BCUT2D eigenvalue weighted by atomic mass is 32.2. The van der Waals surface area contributed by atoms with Crippen molar-refractivity contribution in [3.05, 3.63) is 53.2 Å². The normalized spacial score (nSPS) is 11.0. The van der Waals surface area contributed by atoms with E-state index in [1.165, 1.54) is 10.5 Å². The topological polar surface area (TPSA) is 43.1 Å². The molecule has 0 saturated carbocycles. The molecular formula is C16H16N4S. The molecule has 106 valence electrons. The second kappa shape index (κ2) is 5.33. The van der Waals surface area contributed by atoms with Crippen LogP contribution in [-0.2, 0) is 0 Å². The fraction of sp³-hybridized carbons (Fsp3) is 0.188. The summed E-state index contributed by atoms with van der Waals surface area (Å²) >= 11 is 1.68. The van der Waals surface area contributed by atoms with E-state index in [0.29, 0.717) is 0 Å². The van der Waals surface area contributed by atoms with E-state index in [-0.39, 0.29) is 0 Å². The molecule has 0 spiro atoms. The summed E-state index contributed by atoms with van der Waals surface area (Å²) in [5.74, 6) is 0.724. The Labute approximate surface area is 127 Å². The van der Waals surface area contributed by atoms with Crippen molar-refractivity contribution >= 4 is 17.4 Å². The molecule has 4 nitrogen and oxygen atoms in total. The summed E-state index contributed by atoms with van der Waals surface area (Å²) in [4.78, 5) is 6.57. The van der Waals surface area contributed by atoms with Crippen molar-refractivity contribution in [2.45, 2.75) is 25.7 Å². The van der Waals surface area contributed by atoms with Crippen LogP contribution in [0.2, 0.25) is 0 Å². The number of rotatable bonds is 3. The SMILES string of the molecule is C=C(C)Sc1cc(-c2ccc3nc(C)nn3n2)ccc1C. The summed E-state index contributed by atoms with van der Waals surface area (Å²) in [6.07, 6.45) is 0. The molecule has 3 aromatic rings. The minimum Gasteiger partial charge on any atom is -0.210 e. The Morgan fingerprint density at radius 2 is 1.95 bits per heavy atom. The Kier molecular flexibility index (Phi) is 3.51. The average Bonchev–Trinajstić information content (AvgIpc) is 2.79. The second-order valence-electron chi connectivity index (χ2n) is 5.01. The summed E-state index contributed by atoms with van der Waals surface area (Å²) in [5, 5.41) is 8.79. The predicted octanol–water partition coefficient (Wildman–Crippen LogP) is 4.03. The molecule has 0 aliphatic carbocycles. The number of fused-ring (bicyclic) bond motifs is 1. The van der Waals surface area contributed by atoms with Crippen molar-refractivity contribution < 1.29 is 0 Å². The maximum atomic E-state index is 4.53. The predicted molar refractivity (Wildman–Crippen MR) is 86.4 cm³/mol. The maximum Gasteiger partial charge on any atom is 0.176 e. The number of hydrogen-bond acceptors (Lipinski definition) is 4. The summed E-state index contributed by atoms with van der Waals surface area (Å²) in [5.41, 5.74) is 3.96. The van der Waals surface area contributed by atoms with Gasteiger partial charge < -0.3 is 0 Å². The van der Waals surface area contributed by atoms with Gasteiger partial charge in [-0.25, -0.2) is 4.98 Å². The van der Waals surface area contributed by atoms with Gasteiger partial charge in [-0.05, 0) is 49.4 Å². The van der Waals surface area contributed by atoms with Crippen molar-refractivity contribution in [1.82, 2.24) is 19.8 Å². The van der Waals surface area contributed by atoms with Crippen molar-refractivity contribution in [2.24, 2.45) is 0 Å². The van der Waals surface area contributed by atoms with E-state index in [1.807, 2.05) is 26.0 Å². The zero-order valence-electron chi connectivity index (χ0n) is 12.3. The van der Waals surface area contributed by atoms with Crippen molar-refractivity contribution in [1.29, 1.82) is 0 Å². The standard InChI is InChI=1S/C16H16N4S/c1-10(2)21-15-9-13(6-5-11(15)3)14-7-8-16-17-12(4)18-20(16)19-14/h5-9H,1H2,2-4H3. The van der Waals surface area contributed by atoms with Gasteiger partial charge in [-0.3, -0.25) is 0 Å². The molecule has 2 aromatic heterocycles. The Morgan fingerprint density at radius 1 is 1.14 bits per heavy atom. The lowest BCUT2D eigenvalue weighted by Crippen LogP contribution is -1.96. The smallest absolute Gasteiger partial charge is 0.176 e. The number of hydrogen-bond donors (Lipinski definition) is 0. The van der Waals surface area contributed by atoms with Crippen LogP contribution < -0.4 is 0 Å². The Hall–Kier alpha value is -2.14. The van der Waals surface area contributed by atoms with Gasteiger partial charge in [0.1, 0.15) is 5.82 Å². The van der Waals surface area contributed by atoms with Crippen LogP contribution in [0, 0.1) is 13.8 Å². The van der Waals surface area contributed by atoms with Gasteiger partial charge in [0, 0.05) is 10.5 Å². The molecule has 0 radical (unpaired) electrons. The summed E-state index contributed by atoms with van der Waals surface area (Å²) in [7, 11) is 0. The number of thioether (sulfide) groups is 1. The lowest BCUT2D eigenvalue weighted by Gasteiger charge is -2.08. The molecule has 0 aliphatic rings. The van der Waals surface area contributed by atoms with Crippen LogP contribution in [0.25, 0.3) is 16.9 Å². The molecule has 21 heavy (non-hydrogen) atoms. The Morgan fingerprint density at radius 3 is 2.71 bits per heavy atom. The van der Waals surface area contributed by atoms with E-state index in [9.17, 15) is 0 Å². The van der Waals surface area contributed by atoms with Crippen LogP contribution >= 0.6 is 11.8 Å². The molecule has 2 heterocycles. The quantitative estimate of drug-likeness (QED) is 0.684. The van der Waals surface area contributed by atoms with E-state index >= 15 is 0 Å². The zero-order chi connectivity index (χ0) is 15.0. The maximum absolute atomic E-state index is 4.53. The minimum absolute atomic E-state index is 0.724. The lowest BCUT2D eigenvalue weighted by molar-refractivity contribution is 0.792. The molecule has 0 N–H and O–H groups in total. The summed E-state index contributed by atoms with van der Waals surface area (Å²) in [6, 6.07) is 10.2.